The number of rotatable bonds is 4. The third-order valence-corrected chi connectivity index (χ3v) is 2.84. The lowest BCUT2D eigenvalue weighted by Crippen LogP contribution is -2.21. The van der Waals surface area contributed by atoms with Crippen molar-refractivity contribution in [3.05, 3.63) is 59.8 Å². The first-order chi connectivity index (χ1) is 8.79. The van der Waals surface area contributed by atoms with Crippen molar-refractivity contribution in [2.24, 2.45) is 0 Å². The van der Waals surface area contributed by atoms with Crippen LogP contribution in [0.25, 0.3) is 0 Å². The van der Waals surface area contributed by atoms with Gasteiger partial charge in [-0.1, -0.05) is 30.3 Å². The van der Waals surface area contributed by atoms with E-state index in [1.165, 1.54) is 5.56 Å². The largest absolute Gasteiger partial charge is 0.359 e. The van der Waals surface area contributed by atoms with Gasteiger partial charge in [-0.3, -0.25) is 0 Å². The van der Waals surface area contributed by atoms with Gasteiger partial charge >= 0.3 is 0 Å². The molecule has 0 aliphatic carbocycles. The van der Waals surface area contributed by atoms with Crippen LogP contribution in [0.4, 0.5) is 5.82 Å². The Hall–Kier alpha value is -2.34. The molecule has 0 radical (unpaired) electrons. The van der Waals surface area contributed by atoms with E-state index in [1.807, 2.05) is 31.3 Å². The van der Waals surface area contributed by atoms with Gasteiger partial charge in [-0.25, -0.2) is 4.98 Å². The summed E-state index contributed by atoms with van der Waals surface area (Å²) in [7, 11) is 1.99. The molecule has 1 heterocycles. The number of nitriles is 1. The first kappa shape index (κ1) is 12.1. The average Bonchev–Trinajstić information content (AvgIpc) is 2.46. The molecule has 0 saturated carbocycles. The van der Waals surface area contributed by atoms with Gasteiger partial charge in [-0.2, -0.15) is 5.26 Å². The fourth-order valence-electron chi connectivity index (χ4n) is 1.75. The lowest BCUT2D eigenvalue weighted by molar-refractivity contribution is 0.859. The number of aromatic nitrogens is 1. The van der Waals surface area contributed by atoms with Crippen LogP contribution in [0.15, 0.2) is 48.7 Å². The van der Waals surface area contributed by atoms with Crippen LogP contribution in [-0.2, 0) is 6.42 Å². The van der Waals surface area contributed by atoms with Crippen LogP contribution >= 0.6 is 0 Å². The summed E-state index contributed by atoms with van der Waals surface area (Å²) in [4.78, 5) is 6.34. The third kappa shape index (κ3) is 3.08. The molecule has 18 heavy (non-hydrogen) atoms. The van der Waals surface area contributed by atoms with Gasteiger partial charge in [0.15, 0.2) is 0 Å². The summed E-state index contributed by atoms with van der Waals surface area (Å²) in [5.74, 6) is 0.838. The molecule has 0 aliphatic heterocycles. The van der Waals surface area contributed by atoms with Crippen LogP contribution in [0.1, 0.15) is 11.1 Å². The van der Waals surface area contributed by atoms with Crippen molar-refractivity contribution >= 4 is 5.82 Å². The van der Waals surface area contributed by atoms with Crippen molar-refractivity contribution in [2.45, 2.75) is 6.42 Å². The maximum absolute atomic E-state index is 8.86. The zero-order valence-corrected chi connectivity index (χ0v) is 10.4. The summed E-state index contributed by atoms with van der Waals surface area (Å²) >= 11 is 0. The number of pyridine rings is 1. The van der Waals surface area contributed by atoms with Gasteiger partial charge in [-0.15, -0.1) is 0 Å². The van der Waals surface area contributed by atoms with Crippen LogP contribution in [0.5, 0.6) is 0 Å². The predicted octanol–water partition coefficient (Wildman–Crippen LogP) is 2.63. The van der Waals surface area contributed by atoms with Crippen LogP contribution in [0.3, 0.4) is 0 Å². The Balaban J connectivity index is 1.99. The molecular weight excluding hydrogens is 222 g/mol. The van der Waals surface area contributed by atoms with Crippen LogP contribution < -0.4 is 4.90 Å². The van der Waals surface area contributed by atoms with Crippen LogP contribution in [0, 0.1) is 11.3 Å². The maximum Gasteiger partial charge on any atom is 0.129 e. The fourth-order valence-corrected chi connectivity index (χ4v) is 1.75. The zero-order valence-electron chi connectivity index (χ0n) is 10.4. The minimum absolute atomic E-state index is 0.645. The number of likely N-dealkylation sites (N-methyl/N-ethyl adjacent to an activating group) is 1. The molecule has 0 fully saturated rings. The van der Waals surface area contributed by atoms with E-state index in [1.54, 1.807) is 12.3 Å². The van der Waals surface area contributed by atoms with Gasteiger partial charge in [0.2, 0.25) is 0 Å². The summed E-state index contributed by atoms with van der Waals surface area (Å²) < 4.78 is 0. The molecule has 0 spiro atoms. The van der Waals surface area contributed by atoms with E-state index in [9.17, 15) is 0 Å². The van der Waals surface area contributed by atoms with Crippen LogP contribution in [0.2, 0.25) is 0 Å². The summed E-state index contributed by atoms with van der Waals surface area (Å²) in [6, 6.07) is 16.0. The maximum atomic E-state index is 8.86. The molecule has 90 valence electrons. The fraction of sp³-hybridized carbons (Fsp3) is 0.200. The summed E-state index contributed by atoms with van der Waals surface area (Å²) in [5, 5.41) is 8.86. The molecular formula is C15H15N3. The first-order valence-electron chi connectivity index (χ1n) is 5.91. The van der Waals surface area contributed by atoms with Crippen LogP contribution in [-0.4, -0.2) is 18.6 Å². The quantitative estimate of drug-likeness (QED) is 0.820. The molecule has 0 saturated heterocycles. The number of hydrogen-bond acceptors (Lipinski definition) is 3. The van der Waals surface area contributed by atoms with Crippen molar-refractivity contribution in [3.8, 4) is 6.07 Å². The van der Waals surface area contributed by atoms with Crippen molar-refractivity contribution in [2.75, 3.05) is 18.5 Å². The Morgan fingerprint density at radius 3 is 2.72 bits per heavy atom. The molecule has 2 aromatic rings. The molecule has 0 amide bonds. The predicted molar refractivity (Wildman–Crippen MR) is 72.4 cm³/mol. The summed E-state index contributed by atoms with van der Waals surface area (Å²) in [6.45, 7) is 0.881. The number of hydrogen-bond donors (Lipinski definition) is 0. The molecule has 0 unspecified atom stereocenters. The second-order valence-electron chi connectivity index (χ2n) is 4.17. The lowest BCUT2D eigenvalue weighted by atomic mass is 10.1. The minimum Gasteiger partial charge on any atom is -0.359 e. The highest BCUT2D eigenvalue weighted by molar-refractivity contribution is 5.44. The SMILES string of the molecule is CN(CCc1ccccc1)c1cc(C#N)ccn1. The van der Waals surface area contributed by atoms with E-state index in [-0.39, 0.29) is 0 Å². The average molecular weight is 237 g/mol. The van der Waals surface area contributed by atoms with E-state index in [0.29, 0.717) is 5.56 Å². The molecule has 1 aromatic carbocycles. The third-order valence-electron chi connectivity index (χ3n) is 2.84. The van der Waals surface area contributed by atoms with Crippen molar-refractivity contribution in [1.82, 2.24) is 4.98 Å². The van der Waals surface area contributed by atoms with Gasteiger partial charge in [-0.05, 0) is 24.1 Å². The summed E-state index contributed by atoms with van der Waals surface area (Å²) in [5.41, 5.74) is 1.95. The van der Waals surface area contributed by atoms with Crippen molar-refractivity contribution < 1.29 is 0 Å². The Labute approximate surface area is 107 Å². The molecule has 1 aromatic heterocycles. The van der Waals surface area contributed by atoms with E-state index >= 15 is 0 Å². The molecule has 3 heteroatoms. The van der Waals surface area contributed by atoms with Crippen molar-refractivity contribution in [3.63, 3.8) is 0 Å². The minimum atomic E-state index is 0.645. The number of anilines is 1. The monoisotopic (exact) mass is 237 g/mol. The standard InChI is InChI=1S/C15H15N3/c1-18(10-8-13-5-3-2-4-6-13)15-11-14(12-16)7-9-17-15/h2-7,9,11H,8,10H2,1H3. The second kappa shape index (κ2) is 5.83. The Bertz CT molecular complexity index is 543. The van der Waals surface area contributed by atoms with Gasteiger partial charge in [0, 0.05) is 19.8 Å². The van der Waals surface area contributed by atoms with Gasteiger partial charge in [0.05, 0.1) is 11.6 Å². The zero-order chi connectivity index (χ0) is 12.8. The molecule has 0 aliphatic rings. The second-order valence-corrected chi connectivity index (χ2v) is 4.17. The van der Waals surface area contributed by atoms with E-state index in [2.05, 4.69) is 28.1 Å². The highest BCUT2D eigenvalue weighted by atomic mass is 15.2. The molecule has 0 atom stereocenters. The molecule has 3 nitrogen and oxygen atoms in total. The molecule has 2 rings (SSSR count). The lowest BCUT2D eigenvalue weighted by Gasteiger charge is -2.18. The topological polar surface area (TPSA) is 39.9 Å². The number of nitrogens with zero attached hydrogens (tertiary/aromatic N) is 3. The van der Waals surface area contributed by atoms with E-state index in [4.69, 9.17) is 5.26 Å². The molecule has 0 N–H and O–H groups in total. The normalized spacial score (nSPS) is 9.78. The number of benzene rings is 1. The van der Waals surface area contributed by atoms with Crippen molar-refractivity contribution in [1.29, 1.82) is 5.26 Å². The molecule has 0 bridgehead atoms. The van der Waals surface area contributed by atoms with Gasteiger partial charge < -0.3 is 4.90 Å². The highest BCUT2D eigenvalue weighted by Gasteiger charge is 2.03. The Kier molecular flexibility index (Phi) is 3.93. The highest BCUT2D eigenvalue weighted by Crippen LogP contribution is 2.11. The van der Waals surface area contributed by atoms with E-state index < -0.39 is 0 Å². The first-order valence-corrected chi connectivity index (χ1v) is 5.91. The smallest absolute Gasteiger partial charge is 0.129 e. The summed E-state index contributed by atoms with van der Waals surface area (Å²) in [6.07, 6.45) is 2.64. The van der Waals surface area contributed by atoms with Gasteiger partial charge in [0.25, 0.3) is 0 Å². The Morgan fingerprint density at radius 1 is 1.22 bits per heavy atom. The Morgan fingerprint density at radius 2 is 2.00 bits per heavy atom. The van der Waals surface area contributed by atoms with Gasteiger partial charge in [0.1, 0.15) is 5.82 Å². The van der Waals surface area contributed by atoms with E-state index in [0.717, 1.165) is 18.8 Å².